The van der Waals surface area contributed by atoms with Gasteiger partial charge in [-0.1, -0.05) is 42.0 Å². The molecule has 0 atom stereocenters. The minimum atomic E-state index is 0.0952. The number of phenolic OH excluding ortho intramolecular Hbond substituents is 1. The van der Waals surface area contributed by atoms with Crippen LogP contribution in [-0.2, 0) is 4.79 Å². The van der Waals surface area contributed by atoms with Crippen LogP contribution in [0.25, 0.3) is 5.57 Å². The van der Waals surface area contributed by atoms with Crippen LogP contribution in [0.3, 0.4) is 0 Å². The molecule has 0 saturated heterocycles. The SMILES string of the molecule is Cc1ccc(O)c(C(=C=O)c2ccccc2)c1. The fourth-order valence-corrected chi connectivity index (χ4v) is 1.72. The predicted molar refractivity (Wildman–Crippen MR) is 67.5 cm³/mol. The number of hydrogen-bond acceptors (Lipinski definition) is 2. The summed E-state index contributed by atoms with van der Waals surface area (Å²) in [5.74, 6) is 2.00. The van der Waals surface area contributed by atoms with Gasteiger partial charge in [0.25, 0.3) is 0 Å². The van der Waals surface area contributed by atoms with E-state index in [4.69, 9.17) is 0 Å². The Labute approximate surface area is 99.8 Å². The van der Waals surface area contributed by atoms with E-state index in [2.05, 4.69) is 0 Å². The van der Waals surface area contributed by atoms with Gasteiger partial charge in [0.1, 0.15) is 11.7 Å². The summed E-state index contributed by atoms with van der Waals surface area (Å²) >= 11 is 0. The summed E-state index contributed by atoms with van der Waals surface area (Å²) in [5, 5.41) is 9.80. The van der Waals surface area contributed by atoms with E-state index >= 15 is 0 Å². The first kappa shape index (κ1) is 11.2. The average molecular weight is 224 g/mol. The van der Waals surface area contributed by atoms with Gasteiger partial charge >= 0.3 is 0 Å². The lowest BCUT2D eigenvalue weighted by molar-refractivity contribution is 0.473. The molecule has 2 rings (SSSR count). The normalized spacial score (nSPS) is 9.71. The van der Waals surface area contributed by atoms with Crippen LogP contribution >= 0.6 is 0 Å². The summed E-state index contributed by atoms with van der Waals surface area (Å²) in [6.45, 7) is 1.91. The maximum atomic E-state index is 11.1. The number of hydrogen-bond donors (Lipinski definition) is 1. The molecule has 0 amide bonds. The highest BCUT2D eigenvalue weighted by Crippen LogP contribution is 2.29. The van der Waals surface area contributed by atoms with Crippen LogP contribution in [0.2, 0.25) is 0 Å². The monoisotopic (exact) mass is 224 g/mol. The lowest BCUT2D eigenvalue weighted by Gasteiger charge is -2.07. The molecular formula is C15H12O2. The topological polar surface area (TPSA) is 37.3 Å². The van der Waals surface area contributed by atoms with Crippen LogP contribution in [0.1, 0.15) is 16.7 Å². The van der Waals surface area contributed by atoms with Gasteiger partial charge in [-0.05, 0) is 24.6 Å². The zero-order chi connectivity index (χ0) is 12.3. The molecule has 0 saturated carbocycles. The highest BCUT2D eigenvalue weighted by atomic mass is 16.3. The maximum Gasteiger partial charge on any atom is 0.133 e. The van der Waals surface area contributed by atoms with Gasteiger partial charge in [0.05, 0.1) is 5.57 Å². The molecule has 84 valence electrons. The van der Waals surface area contributed by atoms with Crippen molar-refractivity contribution >= 4 is 11.5 Å². The molecule has 2 aromatic rings. The second-order valence-electron chi connectivity index (χ2n) is 3.86. The number of aryl methyl sites for hydroxylation is 1. The van der Waals surface area contributed by atoms with Crippen LogP contribution in [0, 0.1) is 6.92 Å². The third-order valence-corrected chi connectivity index (χ3v) is 2.59. The Morgan fingerprint density at radius 1 is 1.12 bits per heavy atom. The Kier molecular flexibility index (Phi) is 3.08. The molecular weight excluding hydrogens is 212 g/mol. The van der Waals surface area contributed by atoms with E-state index < -0.39 is 0 Å². The van der Waals surface area contributed by atoms with Gasteiger partial charge in [-0.15, -0.1) is 0 Å². The van der Waals surface area contributed by atoms with Crippen LogP contribution in [0.15, 0.2) is 48.5 Å². The van der Waals surface area contributed by atoms with Crippen LogP contribution in [0.4, 0.5) is 0 Å². The van der Waals surface area contributed by atoms with E-state index in [9.17, 15) is 9.90 Å². The first-order valence-corrected chi connectivity index (χ1v) is 5.33. The maximum absolute atomic E-state index is 11.1. The minimum absolute atomic E-state index is 0.0952. The van der Waals surface area contributed by atoms with Crippen LogP contribution in [-0.4, -0.2) is 11.0 Å². The third kappa shape index (κ3) is 2.27. The zero-order valence-corrected chi connectivity index (χ0v) is 9.47. The Hall–Kier alpha value is -2.31. The molecule has 0 aliphatic rings. The molecule has 1 N–H and O–H groups in total. The van der Waals surface area contributed by atoms with E-state index in [0.717, 1.165) is 11.1 Å². The number of benzene rings is 2. The largest absolute Gasteiger partial charge is 0.507 e. The Morgan fingerprint density at radius 3 is 2.47 bits per heavy atom. The number of carbonyl (C=O) groups excluding carboxylic acids is 1. The predicted octanol–water partition coefficient (Wildman–Crippen LogP) is 2.96. The van der Waals surface area contributed by atoms with Gasteiger partial charge in [-0.25, -0.2) is 4.79 Å². The van der Waals surface area contributed by atoms with E-state index in [1.165, 1.54) is 0 Å². The van der Waals surface area contributed by atoms with E-state index in [1.807, 2.05) is 43.2 Å². The van der Waals surface area contributed by atoms with Crippen molar-refractivity contribution in [2.45, 2.75) is 6.92 Å². The molecule has 0 aromatic heterocycles. The lowest BCUT2D eigenvalue weighted by atomic mass is 9.97. The second-order valence-corrected chi connectivity index (χ2v) is 3.86. The molecule has 0 fully saturated rings. The molecule has 0 radical (unpaired) electrons. The molecule has 2 aromatic carbocycles. The summed E-state index contributed by atoms with van der Waals surface area (Å²) in [6.07, 6.45) is 0. The molecule has 0 heterocycles. The molecule has 2 nitrogen and oxygen atoms in total. The quantitative estimate of drug-likeness (QED) is 0.796. The van der Waals surface area contributed by atoms with Gasteiger partial charge in [-0.3, -0.25) is 0 Å². The molecule has 0 unspecified atom stereocenters. The first-order valence-electron chi connectivity index (χ1n) is 5.33. The van der Waals surface area contributed by atoms with Gasteiger partial charge in [0.2, 0.25) is 0 Å². The van der Waals surface area contributed by atoms with E-state index in [-0.39, 0.29) is 5.75 Å². The van der Waals surface area contributed by atoms with Crippen molar-refractivity contribution in [3.05, 3.63) is 65.2 Å². The van der Waals surface area contributed by atoms with Crippen molar-refractivity contribution in [2.24, 2.45) is 0 Å². The molecule has 0 aliphatic carbocycles. The molecule has 0 bridgehead atoms. The summed E-state index contributed by atoms with van der Waals surface area (Å²) in [6, 6.07) is 14.4. The number of rotatable bonds is 2. The molecule has 0 spiro atoms. The highest BCUT2D eigenvalue weighted by molar-refractivity contribution is 5.98. The van der Waals surface area contributed by atoms with Crippen molar-refractivity contribution in [3.63, 3.8) is 0 Å². The van der Waals surface area contributed by atoms with Crippen molar-refractivity contribution in [3.8, 4) is 5.75 Å². The lowest BCUT2D eigenvalue weighted by Crippen LogP contribution is -1.90. The zero-order valence-electron chi connectivity index (χ0n) is 9.47. The summed E-state index contributed by atoms with van der Waals surface area (Å²) in [7, 11) is 0. The van der Waals surface area contributed by atoms with Crippen molar-refractivity contribution in [1.29, 1.82) is 0 Å². The van der Waals surface area contributed by atoms with Crippen molar-refractivity contribution in [2.75, 3.05) is 0 Å². The van der Waals surface area contributed by atoms with E-state index in [0.29, 0.717) is 11.1 Å². The molecule has 17 heavy (non-hydrogen) atoms. The Morgan fingerprint density at radius 2 is 1.82 bits per heavy atom. The molecule has 2 heteroatoms. The smallest absolute Gasteiger partial charge is 0.133 e. The van der Waals surface area contributed by atoms with Gasteiger partial charge in [0, 0.05) is 5.56 Å². The number of aromatic hydroxyl groups is 1. The van der Waals surface area contributed by atoms with Crippen molar-refractivity contribution in [1.82, 2.24) is 0 Å². The molecule has 0 aliphatic heterocycles. The fourth-order valence-electron chi connectivity index (χ4n) is 1.72. The van der Waals surface area contributed by atoms with E-state index in [1.54, 1.807) is 18.2 Å². The third-order valence-electron chi connectivity index (χ3n) is 2.59. The second kappa shape index (κ2) is 4.69. The summed E-state index contributed by atoms with van der Waals surface area (Å²) in [5.41, 5.74) is 2.64. The minimum Gasteiger partial charge on any atom is -0.507 e. The van der Waals surface area contributed by atoms with Gasteiger partial charge in [-0.2, -0.15) is 0 Å². The summed E-state index contributed by atoms with van der Waals surface area (Å²) in [4.78, 5) is 11.1. The van der Waals surface area contributed by atoms with Gasteiger partial charge in [0.15, 0.2) is 0 Å². The standard InChI is InChI=1S/C15H12O2/c1-11-7-8-15(17)13(9-11)14(10-16)12-5-3-2-4-6-12/h2-9,17H,1H3. The number of phenols is 1. The Bertz CT molecular complexity index is 579. The Balaban J connectivity index is 2.59. The average Bonchev–Trinajstić information content (AvgIpc) is 2.36. The van der Waals surface area contributed by atoms with Crippen LogP contribution in [0.5, 0.6) is 5.75 Å². The van der Waals surface area contributed by atoms with Crippen LogP contribution < -0.4 is 0 Å². The summed E-state index contributed by atoms with van der Waals surface area (Å²) < 4.78 is 0. The highest BCUT2D eigenvalue weighted by Gasteiger charge is 2.10. The van der Waals surface area contributed by atoms with Gasteiger partial charge < -0.3 is 5.11 Å². The fraction of sp³-hybridized carbons (Fsp3) is 0.0667. The first-order chi connectivity index (χ1) is 8.22. The van der Waals surface area contributed by atoms with Crippen molar-refractivity contribution < 1.29 is 9.90 Å².